The summed E-state index contributed by atoms with van der Waals surface area (Å²) in [6.07, 6.45) is 1.35. The van der Waals surface area contributed by atoms with Gasteiger partial charge >= 0.3 is 10.2 Å². The van der Waals surface area contributed by atoms with Gasteiger partial charge in [-0.25, -0.2) is 0 Å². The Morgan fingerprint density at radius 2 is 1.94 bits per heavy atom. The van der Waals surface area contributed by atoms with Crippen molar-refractivity contribution in [2.75, 3.05) is 20.0 Å². The van der Waals surface area contributed by atoms with Gasteiger partial charge in [0.05, 0.1) is 11.4 Å². The van der Waals surface area contributed by atoms with Crippen molar-refractivity contribution in [3.63, 3.8) is 0 Å². The van der Waals surface area contributed by atoms with Crippen LogP contribution >= 0.6 is 11.6 Å². The van der Waals surface area contributed by atoms with Crippen molar-refractivity contribution in [3.8, 4) is 0 Å². The second kappa shape index (κ2) is 5.37. The Hall–Kier alpha value is -0.590. The molecule has 0 bridgehead atoms. The van der Waals surface area contributed by atoms with Gasteiger partial charge in [-0.15, -0.1) is 15.7 Å². The van der Waals surface area contributed by atoms with Gasteiger partial charge in [0.15, 0.2) is 0 Å². The summed E-state index contributed by atoms with van der Waals surface area (Å²) in [5.41, 5.74) is 2.37. The van der Waals surface area contributed by atoms with Crippen LogP contribution < -0.4 is 0 Å². The standard InChI is InChI=1S/C10H18ClN3O2S/c1-8-9(2)12-14(10(8)6-5-7-11)17(15,16)13(3)4/h5-7H2,1-4H3. The number of alkyl halides is 1. The molecule has 0 aliphatic rings. The highest BCUT2D eigenvalue weighted by Gasteiger charge is 2.23. The minimum absolute atomic E-state index is 0.506. The highest BCUT2D eigenvalue weighted by atomic mass is 35.5. The molecule has 0 unspecified atom stereocenters. The summed E-state index contributed by atoms with van der Waals surface area (Å²) in [5, 5.41) is 4.10. The molecule has 0 saturated heterocycles. The Labute approximate surface area is 108 Å². The lowest BCUT2D eigenvalue weighted by Crippen LogP contribution is -2.31. The third-order valence-corrected chi connectivity index (χ3v) is 4.60. The molecule has 0 saturated carbocycles. The average molecular weight is 280 g/mol. The van der Waals surface area contributed by atoms with E-state index < -0.39 is 10.2 Å². The molecule has 1 aromatic rings. The first-order chi connectivity index (χ1) is 7.82. The fourth-order valence-corrected chi connectivity index (χ4v) is 2.66. The van der Waals surface area contributed by atoms with Crippen molar-refractivity contribution in [1.29, 1.82) is 0 Å². The maximum atomic E-state index is 12.1. The first kappa shape index (κ1) is 14.5. The molecule has 0 amide bonds. The smallest absolute Gasteiger partial charge is 0.189 e. The first-order valence-electron chi connectivity index (χ1n) is 5.36. The summed E-state index contributed by atoms with van der Waals surface area (Å²) >= 11 is 5.65. The van der Waals surface area contributed by atoms with Crippen LogP contribution in [0, 0.1) is 13.8 Å². The zero-order valence-corrected chi connectivity index (χ0v) is 12.1. The van der Waals surface area contributed by atoms with E-state index >= 15 is 0 Å². The zero-order chi connectivity index (χ0) is 13.2. The third kappa shape index (κ3) is 2.81. The summed E-state index contributed by atoms with van der Waals surface area (Å²) in [6.45, 7) is 3.69. The van der Waals surface area contributed by atoms with Crippen LogP contribution in [-0.4, -0.2) is 41.9 Å². The minimum atomic E-state index is -3.54. The second-order valence-electron chi connectivity index (χ2n) is 4.08. The number of aryl methyl sites for hydroxylation is 1. The van der Waals surface area contributed by atoms with Crippen LogP contribution in [0.5, 0.6) is 0 Å². The summed E-state index contributed by atoms with van der Waals surface area (Å²) in [7, 11) is -0.558. The molecule has 0 atom stereocenters. The largest absolute Gasteiger partial charge is 0.322 e. The topological polar surface area (TPSA) is 55.2 Å². The number of halogens is 1. The lowest BCUT2D eigenvalue weighted by Gasteiger charge is -2.13. The van der Waals surface area contributed by atoms with Gasteiger partial charge in [0.25, 0.3) is 0 Å². The van der Waals surface area contributed by atoms with Crippen LogP contribution in [-0.2, 0) is 16.6 Å². The molecule has 1 heterocycles. The number of aromatic nitrogens is 2. The summed E-state index contributed by atoms with van der Waals surface area (Å²) in [5.74, 6) is 0.506. The van der Waals surface area contributed by atoms with Crippen molar-refractivity contribution in [1.82, 2.24) is 13.5 Å². The minimum Gasteiger partial charge on any atom is -0.189 e. The van der Waals surface area contributed by atoms with Crippen molar-refractivity contribution in [3.05, 3.63) is 17.0 Å². The Morgan fingerprint density at radius 3 is 2.41 bits per heavy atom. The molecule has 0 radical (unpaired) electrons. The van der Waals surface area contributed by atoms with Crippen LogP contribution in [0.2, 0.25) is 0 Å². The van der Waals surface area contributed by atoms with Crippen LogP contribution in [0.1, 0.15) is 23.4 Å². The fourth-order valence-electron chi connectivity index (χ4n) is 1.49. The first-order valence-corrected chi connectivity index (χ1v) is 7.29. The molecule has 1 rings (SSSR count). The van der Waals surface area contributed by atoms with E-state index in [1.807, 2.05) is 6.92 Å². The highest BCUT2D eigenvalue weighted by Crippen LogP contribution is 2.17. The van der Waals surface area contributed by atoms with E-state index in [4.69, 9.17) is 11.6 Å². The van der Waals surface area contributed by atoms with E-state index in [1.54, 1.807) is 6.92 Å². The van der Waals surface area contributed by atoms with Crippen molar-refractivity contribution < 1.29 is 8.42 Å². The predicted molar refractivity (Wildman–Crippen MR) is 68.7 cm³/mol. The average Bonchev–Trinajstić information content (AvgIpc) is 2.53. The molecule has 7 heteroatoms. The zero-order valence-electron chi connectivity index (χ0n) is 10.6. The molecule has 0 fully saturated rings. The summed E-state index contributed by atoms with van der Waals surface area (Å²) in [4.78, 5) is 0. The Morgan fingerprint density at radius 1 is 1.35 bits per heavy atom. The SMILES string of the molecule is Cc1nn(S(=O)(=O)N(C)C)c(CCCCl)c1C. The lowest BCUT2D eigenvalue weighted by molar-refractivity contribution is 0.500. The van der Waals surface area contributed by atoms with E-state index in [9.17, 15) is 8.42 Å². The number of rotatable bonds is 5. The van der Waals surface area contributed by atoms with E-state index in [0.717, 1.165) is 31.8 Å². The number of nitrogens with zero attached hydrogens (tertiary/aromatic N) is 3. The molecule has 1 aromatic heterocycles. The molecule has 98 valence electrons. The monoisotopic (exact) mass is 279 g/mol. The highest BCUT2D eigenvalue weighted by molar-refractivity contribution is 7.87. The summed E-state index contributed by atoms with van der Waals surface area (Å²) in [6, 6.07) is 0. The second-order valence-corrected chi connectivity index (χ2v) is 6.43. The predicted octanol–water partition coefficient (Wildman–Crippen LogP) is 1.33. The van der Waals surface area contributed by atoms with Crippen LogP contribution in [0.25, 0.3) is 0 Å². The van der Waals surface area contributed by atoms with Gasteiger partial charge in [0.1, 0.15) is 0 Å². The Bertz CT molecular complexity index is 494. The lowest BCUT2D eigenvalue weighted by atomic mass is 10.1. The van der Waals surface area contributed by atoms with Gasteiger partial charge in [0.2, 0.25) is 0 Å². The van der Waals surface area contributed by atoms with Gasteiger partial charge in [-0.2, -0.15) is 17.8 Å². The quantitative estimate of drug-likeness (QED) is 0.764. The van der Waals surface area contributed by atoms with Crippen molar-refractivity contribution in [2.24, 2.45) is 0 Å². The number of hydrogen-bond donors (Lipinski definition) is 0. The van der Waals surface area contributed by atoms with Crippen LogP contribution in [0.15, 0.2) is 0 Å². The fraction of sp³-hybridized carbons (Fsp3) is 0.700. The Balaban J connectivity index is 3.29. The van der Waals surface area contributed by atoms with Crippen molar-refractivity contribution in [2.45, 2.75) is 26.7 Å². The molecule has 5 nitrogen and oxygen atoms in total. The maximum Gasteiger partial charge on any atom is 0.322 e. The molecule has 0 N–H and O–H groups in total. The number of hydrogen-bond acceptors (Lipinski definition) is 3. The Kier molecular flexibility index (Phi) is 4.57. The molecule has 0 aliphatic carbocycles. The summed E-state index contributed by atoms with van der Waals surface area (Å²) < 4.78 is 26.4. The van der Waals surface area contributed by atoms with E-state index in [-0.39, 0.29) is 0 Å². The van der Waals surface area contributed by atoms with E-state index in [1.165, 1.54) is 14.1 Å². The van der Waals surface area contributed by atoms with Gasteiger partial charge < -0.3 is 0 Å². The molecule has 0 aliphatic heterocycles. The van der Waals surface area contributed by atoms with Gasteiger partial charge in [-0.05, 0) is 32.3 Å². The third-order valence-electron chi connectivity index (χ3n) is 2.67. The molecule has 17 heavy (non-hydrogen) atoms. The van der Waals surface area contributed by atoms with E-state index in [2.05, 4.69) is 5.10 Å². The van der Waals surface area contributed by atoms with Gasteiger partial charge in [0, 0.05) is 20.0 Å². The van der Waals surface area contributed by atoms with E-state index in [0.29, 0.717) is 12.3 Å². The normalized spacial score (nSPS) is 12.4. The van der Waals surface area contributed by atoms with Gasteiger partial charge in [-0.1, -0.05) is 0 Å². The van der Waals surface area contributed by atoms with Crippen molar-refractivity contribution >= 4 is 21.8 Å². The maximum absolute atomic E-state index is 12.1. The molecular formula is C10H18ClN3O2S. The van der Waals surface area contributed by atoms with Crippen LogP contribution in [0.3, 0.4) is 0 Å². The molecule has 0 aromatic carbocycles. The molecular weight excluding hydrogens is 262 g/mol. The van der Waals surface area contributed by atoms with Crippen LogP contribution in [0.4, 0.5) is 0 Å². The van der Waals surface area contributed by atoms with Gasteiger partial charge in [-0.3, -0.25) is 0 Å². The molecule has 0 spiro atoms.